The molecular weight excluding hydrogens is 268 g/mol. The van der Waals surface area contributed by atoms with Crippen LogP contribution in [-0.2, 0) is 11.2 Å². The zero-order valence-electron chi connectivity index (χ0n) is 12.2. The van der Waals surface area contributed by atoms with E-state index < -0.39 is 0 Å². The van der Waals surface area contributed by atoms with Crippen LogP contribution >= 0.6 is 11.3 Å². The summed E-state index contributed by atoms with van der Waals surface area (Å²) >= 11 is 1.61. The van der Waals surface area contributed by atoms with Gasteiger partial charge in [0.2, 0.25) is 5.91 Å². The maximum absolute atomic E-state index is 11.8. The summed E-state index contributed by atoms with van der Waals surface area (Å²) in [5, 5.41) is 3.89. The second kappa shape index (κ2) is 6.66. The number of nitrogens with one attached hydrogen (secondary N) is 1. The van der Waals surface area contributed by atoms with Crippen LogP contribution in [0.25, 0.3) is 10.6 Å². The number of rotatable bonds is 5. The Bertz CT molecular complexity index is 587. The van der Waals surface area contributed by atoms with Gasteiger partial charge < -0.3 is 5.32 Å². The highest BCUT2D eigenvalue weighted by atomic mass is 32.1. The summed E-state index contributed by atoms with van der Waals surface area (Å²) in [6.07, 6.45) is 1.39. The largest absolute Gasteiger partial charge is 0.356 e. The molecule has 2 rings (SSSR count). The zero-order chi connectivity index (χ0) is 14.5. The molecule has 0 aliphatic heterocycles. The number of hydrogen-bond acceptors (Lipinski definition) is 3. The molecule has 3 nitrogen and oxygen atoms in total. The molecule has 0 saturated carbocycles. The normalized spacial score (nSPS) is 10.6. The molecule has 0 saturated heterocycles. The van der Waals surface area contributed by atoms with E-state index in [2.05, 4.69) is 41.5 Å². The molecule has 1 amide bonds. The molecule has 20 heavy (non-hydrogen) atoms. The van der Waals surface area contributed by atoms with Gasteiger partial charge in [-0.25, -0.2) is 4.98 Å². The lowest BCUT2D eigenvalue weighted by Crippen LogP contribution is -2.25. The monoisotopic (exact) mass is 288 g/mol. The van der Waals surface area contributed by atoms with E-state index >= 15 is 0 Å². The van der Waals surface area contributed by atoms with E-state index in [1.165, 1.54) is 5.56 Å². The molecule has 4 heteroatoms. The number of carbonyl (C=O) groups excluding carboxylic acids is 1. The lowest BCUT2D eigenvalue weighted by atomic mass is 10.2. The molecule has 0 bridgehead atoms. The minimum atomic E-state index is 0.0778. The molecule has 0 spiro atoms. The van der Waals surface area contributed by atoms with Gasteiger partial charge in [0.15, 0.2) is 0 Å². The van der Waals surface area contributed by atoms with Gasteiger partial charge in [-0.3, -0.25) is 4.79 Å². The molecule has 0 unspecified atom stereocenters. The molecule has 0 atom stereocenters. The van der Waals surface area contributed by atoms with Crippen molar-refractivity contribution in [2.45, 2.75) is 33.6 Å². The van der Waals surface area contributed by atoms with Crippen molar-refractivity contribution >= 4 is 17.2 Å². The van der Waals surface area contributed by atoms with Crippen LogP contribution in [0.4, 0.5) is 0 Å². The molecular formula is C16H20N2OS. The summed E-state index contributed by atoms with van der Waals surface area (Å²) in [6, 6.07) is 8.32. The summed E-state index contributed by atoms with van der Waals surface area (Å²) in [6.45, 7) is 6.83. The van der Waals surface area contributed by atoms with Crippen molar-refractivity contribution in [3.05, 3.63) is 40.4 Å². The fourth-order valence-electron chi connectivity index (χ4n) is 1.88. The highest BCUT2D eigenvalue weighted by Crippen LogP contribution is 2.28. The van der Waals surface area contributed by atoms with Crippen LogP contribution < -0.4 is 5.32 Å². The summed E-state index contributed by atoms with van der Waals surface area (Å²) in [7, 11) is 0. The molecule has 1 heterocycles. The standard InChI is InChI=1S/C16H20N2OS/c1-4-9-17-15(19)10-14-12(3)18-16(20-14)13-7-5-11(2)6-8-13/h5-8H,4,9-10H2,1-3H3,(H,17,19). The number of aryl methyl sites for hydroxylation is 2. The van der Waals surface area contributed by atoms with Gasteiger partial charge in [0.1, 0.15) is 5.01 Å². The minimum Gasteiger partial charge on any atom is -0.356 e. The van der Waals surface area contributed by atoms with Crippen LogP contribution in [0.2, 0.25) is 0 Å². The highest BCUT2D eigenvalue weighted by Gasteiger charge is 2.12. The first-order valence-electron chi connectivity index (χ1n) is 6.90. The number of benzene rings is 1. The quantitative estimate of drug-likeness (QED) is 0.915. The molecule has 1 aromatic carbocycles. The molecule has 0 radical (unpaired) electrons. The predicted molar refractivity (Wildman–Crippen MR) is 84.0 cm³/mol. The Labute approximate surface area is 124 Å². The average molecular weight is 288 g/mol. The lowest BCUT2D eigenvalue weighted by molar-refractivity contribution is -0.120. The number of hydrogen-bond donors (Lipinski definition) is 1. The molecule has 0 fully saturated rings. The van der Waals surface area contributed by atoms with Gasteiger partial charge in [0.05, 0.1) is 12.1 Å². The Morgan fingerprint density at radius 2 is 1.95 bits per heavy atom. The number of amides is 1. The Hall–Kier alpha value is -1.68. The molecule has 2 aromatic rings. The first kappa shape index (κ1) is 14.7. The number of thiazole rings is 1. The molecule has 1 N–H and O–H groups in total. The van der Waals surface area contributed by atoms with Gasteiger partial charge in [0, 0.05) is 17.0 Å². The lowest BCUT2D eigenvalue weighted by Gasteiger charge is -2.01. The van der Waals surface area contributed by atoms with Gasteiger partial charge in [-0.2, -0.15) is 0 Å². The van der Waals surface area contributed by atoms with Gasteiger partial charge >= 0.3 is 0 Å². The number of aromatic nitrogens is 1. The van der Waals surface area contributed by atoms with E-state index in [4.69, 9.17) is 0 Å². The van der Waals surface area contributed by atoms with E-state index in [1.54, 1.807) is 11.3 Å². The van der Waals surface area contributed by atoms with Crippen LogP contribution in [-0.4, -0.2) is 17.4 Å². The first-order valence-corrected chi connectivity index (χ1v) is 7.72. The maximum atomic E-state index is 11.8. The first-order chi connectivity index (χ1) is 9.60. The van der Waals surface area contributed by atoms with Crippen LogP contribution in [0.3, 0.4) is 0 Å². The van der Waals surface area contributed by atoms with Crippen LogP contribution in [0, 0.1) is 13.8 Å². The van der Waals surface area contributed by atoms with Crippen molar-refractivity contribution in [2.75, 3.05) is 6.54 Å². The third-order valence-electron chi connectivity index (χ3n) is 3.08. The van der Waals surface area contributed by atoms with Gasteiger partial charge in [-0.15, -0.1) is 11.3 Å². The van der Waals surface area contributed by atoms with E-state index in [9.17, 15) is 4.79 Å². The van der Waals surface area contributed by atoms with Gasteiger partial charge in [0.25, 0.3) is 0 Å². The highest BCUT2D eigenvalue weighted by molar-refractivity contribution is 7.15. The second-order valence-corrected chi connectivity index (χ2v) is 6.00. The van der Waals surface area contributed by atoms with E-state index in [0.29, 0.717) is 6.42 Å². The Morgan fingerprint density at radius 1 is 1.25 bits per heavy atom. The average Bonchev–Trinajstić information content (AvgIpc) is 2.78. The SMILES string of the molecule is CCCNC(=O)Cc1sc(-c2ccc(C)cc2)nc1C. The van der Waals surface area contributed by atoms with E-state index in [1.807, 2.05) is 13.8 Å². The third-order valence-corrected chi connectivity index (χ3v) is 4.29. The second-order valence-electron chi connectivity index (χ2n) is 4.92. The molecule has 1 aromatic heterocycles. The van der Waals surface area contributed by atoms with Crippen molar-refractivity contribution in [3.63, 3.8) is 0 Å². The maximum Gasteiger partial charge on any atom is 0.225 e. The molecule has 0 aliphatic rings. The third kappa shape index (κ3) is 3.67. The molecule has 0 aliphatic carbocycles. The van der Waals surface area contributed by atoms with Crippen molar-refractivity contribution in [3.8, 4) is 10.6 Å². The van der Waals surface area contributed by atoms with Crippen LogP contribution in [0.1, 0.15) is 29.5 Å². The number of nitrogens with zero attached hydrogens (tertiary/aromatic N) is 1. The Kier molecular flexibility index (Phi) is 4.90. The smallest absolute Gasteiger partial charge is 0.225 e. The summed E-state index contributed by atoms with van der Waals surface area (Å²) in [4.78, 5) is 17.4. The van der Waals surface area contributed by atoms with Crippen molar-refractivity contribution in [1.82, 2.24) is 10.3 Å². The van der Waals surface area contributed by atoms with Crippen molar-refractivity contribution in [2.24, 2.45) is 0 Å². The summed E-state index contributed by atoms with van der Waals surface area (Å²) in [5.74, 6) is 0.0778. The van der Waals surface area contributed by atoms with Crippen molar-refractivity contribution in [1.29, 1.82) is 0 Å². The van der Waals surface area contributed by atoms with E-state index in [-0.39, 0.29) is 5.91 Å². The van der Waals surface area contributed by atoms with Gasteiger partial charge in [-0.1, -0.05) is 36.8 Å². The minimum absolute atomic E-state index is 0.0778. The topological polar surface area (TPSA) is 42.0 Å². The molecule has 106 valence electrons. The number of carbonyl (C=O) groups is 1. The Morgan fingerprint density at radius 3 is 2.60 bits per heavy atom. The fourth-order valence-corrected chi connectivity index (χ4v) is 2.95. The summed E-state index contributed by atoms with van der Waals surface area (Å²) in [5.41, 5.74) is 3.31. The van der Waals surface area contributed by atoms with Crippen molar-refractivity contribution < 1.29 is 4.79 Å². The van der Waals surface area contributed by atoms with Crippen LogP contribution in [0.15, 0.2) is 24.3 Å². The Balaban J connectivity index is 2.13. The fraction of sp³-hybridized carbons (Fsp3) is 0.375. The van der Waals surface area contributed by atoms with E-state index in [0.717, 1.165) is 34.1 Å². The zero-order valence-corrected chi connectivity index (χ0v) is 13.0. The van der Waals surface area contributed by atoms with Gasteiger partial charge in [-0.05, 0) is 20.3 Å². The summed E-state index contributed by atoms with van der Waals surface area (Å²) < 4.78 is 0. The van der Waals surface area contributed by atoms with Crippen LogP contribution in [0.5, 0.6) is 0 Å². The predicted octanol–water partition coefficient (Wildman–Crippen LogP) is 3.50.